The van der Waals surface area contributed by atoms with E-state index in [1.54, 1.807) is 0 Å². The Hall–Kier alpha value is -1.29. The van der Waals surface area contributed by atoms with Crippen LogP contribution in [0.5, 0.6) is 0 Å². The second-order valence-electron chi connectivity index (χ2n) is 3.82. The van der Waals surface area contributed by atoms with Crippen molar-refractivity contribution < 1.29 is 29.7 Å². The highest BCUT2D eigenvalue weighted by Gasteiger charge is 2.19. The van der Waals surface area contributed by atoms with E-state index in [1.165, 1.54) is 0 Å². The van der Waals surface area contributed by atoms with Gasteiger partial charge in [-0.15, -0.1) is 13.8 Å². The Balaban J connectivity index is 4.15. The highest BCUT2D eigenvalue weighted by atomic mass is 31.1. The first kappa shape index (κ1) is 15.7. The van der Waals surface area contributed by atoms with Gasteiger partial charge in [0.15, 0.2) is 0 Å². The van der Waals surface area contributed by atoms with E-state index in [0.29, 0.717) is 12.3 Å². The van der Waals surface area contributed by atoms with Crippen LogP contribution < -0.4 is 0 Å². The molecule has 0 radical (unpaired) electrons. The number of hydrogen-bond acceptors (Lipinski definition) is 3. The molecule has 7 heteroatoms. The minimum Gasteiger partial charge on any atom is -0.481 e. The van der Waals surface area contributed by atoms with Gasteiger partial charge in [0.1, 0.15) is 0 Å². The van der Waals surface area contributed by atoms with E-state index in [0.717, 1.165) is 0 Å². The Morgan fingerprint density at radius 1 is 1.06 bits per heavy atom. The van der Waals surface area contributed by atoms with Crippen molar-refractivity contribution in [3.63, 3.8) is 0 Å². The van der Waals surface area contributed by atoms with Crippen molar-refractivity contribution in [2.24, 2.45) is 5.92 Å². The summed E-state index contributed by atoms with van der Waals surface area (Å²) in [6, 6.07) is 0. The van der Waals surface area contributed by atoms with Gasteiger partial charge in [-0.25, -0.2) is 0 Å². The van der Waals surface area contributed by atoms with E-state index in [1.807, 2.05) is 0 Å². The maximum atomic E-state index is 10.9. The number of aliphatic carboxylic acids is 3. The Kier molecular flexibility index (Phi) is 7.30. The third-order valence-corrected chi connectivity index (χ3v) is 4.31. The van der Waals surface area contributed by atoms with Crippen LogP contribution in [0.2, 0.25) is 0 Å². The van der Waals surface area contributed by atoms with E-state index < -0.39 is 31.4 Å². The highest BCUT2D eigenvalue weighted by Crippen LogP contribution is 2.26. The van der Waals surface area contributed by atoms with Crippen molar-refractivity contribution >= 4 is 31.8 Å². The Morgan fingerprint density at radius 3 is 2.00 bits per heavy atom. The van der Waals surface area contributed by atoms with E-state index in [-0.39, 0.29) is 19.3 Å². The minimum absolute atomic E-state index is 0.0108. The van der Waals surface area contributed by atoms with Crippen LogP contribution in [0.1, 0.15) is 19.3 Å². The number of hydrogen-bond donors (Lipinski definition) is 3. The summed E-state index contributed by atoms with van der Waals surface area (Å²) < 4.78 is 0. The van der Waals surface area contributed by atoms with Crippen molar-refractivity contribution in [2.45, 2.75) is 19.3 Å². The molecule has 0 aromatic rings. The fourth-order valence-electron chi connectivity index (χ4n) is 1.34. The van der Waals surface area contributed by atoms with Crippen molar-refractivity contribution in [3.05, 3.63) is 0 Å². The predicted octanol–water partition coefficient (Wildman–Crippen LogP) is 0.673. The zero-order valence-electron chi connectivity index (χ0n) is 9.39. The lowest BCUT2D eigenvalue weighted by Crippen LogP contribution is -2.18. The number of carboxylic acid groups (broad SMARTS) is 3. The molecule has 0 aromatic heterocycles. The SMILES string of the molecule is C=[PH](CCC(=O)O)CC(CCC(=O)O)C(=O)O. The summed E-state index contributed by atoms with van der Waals surface area (Å²) in [7, 11) is -1.28. The van der Waals surface area contributed by atoms with Gasteiger partial charge < -0.3 is 15.3 Å². The van der Waals surface area contributed by atoms with Crippen molar-refractivity contribution in [2.75, 3.05) is 12.3 Å². The molecule has 0 aromatic carbocycles. The molecule has 17 heavy (non-hydrogen) atoms. The molecule has 0 rings (SSSR count). The second kappa shape index (κ2) is 7.90. The standard InChI is InChI=1S/C10H17O6P/c1-17(5-4-9(13)14)6-7(10(15)16)2-3-8(11)12/h7,17H,1-6H2,(H,11,12)(H,13,14)(H,15,16). The molecule has 0 amide bonds. The van der Waals surface area contributed by atoms with Crippen LogP contribution >= 0.6 is 7.55 Å². The molecule has 2 unspecified atom stereocenters. The molecule has 3 N–H and O–H groups in total. The summed E-state index contributed by atoms with van der Waals surface area (Å²) >= 11 is 0. The van der Waals surface area contributed by atoms with Crippen LogP contribution in [-0.4, -0.2) is 51.9 Å². The van der Waals surface area contributed by atoms with Gasteiger partial charge in [-0.1, -0.05) is 0 Å². The van der Waals surface area contributed by atoms with E-state index in [4.69, 9.17) is 15.3 Å². The maximum Gasteiger partial charge on any atom is 0.306 e. The lowest BCUT2D eigenvalue weighted by Gasteiger charge is -2.13. The summed E-state index contributed by atoms with van der Waals surface area (Å²) in [5, 5.41) is 25.8. The predicted molar refractivity (Wildman–Crippen MR) is 65.4 cm³/mol. The molecule has 2 atom stereocenters. The molecular formula is C10H17O6P. The maximum absolute atomic E-state index is 10.9. The quantitative estimate of drug-likeness (QED) is 0.528. The Morgan fingerprint density at radius 2 is 1.59 bits per heavy atom. The van der Waals surface area contributed by atoms with Gasteiger partial charge in [0.25, 0.3) is 0 Å². The number of rotatable bonds is 9. The van der Waals surface area contributed by atoms with Gasteiger partial charge in [0.2, 0.25) is 0 Å². The first-order chi connectivity index (χ1) is 7.82. The van der Waals surface area contributed by atoms with E-state index >= 15 is 0 Å². The Bertz CT molecular complexity index is 325. The van der Waals surface area contributed by atoms with Gasteiger partial charge in [-0.05, 0) is 18.7 Å². The molecule has 0 aliphatic rings. The molecule has 0 aliphatic heterocycles. The third-order valence-electron chi connectivity index (χ3n) is 2.28. The first-order valence-electron chi connectivity index (χ1n) is 5.16. The smallest absolute Gasteiger partial charge is 0.306 e. The molecule has 0 spiro atoms. The normalized spacial score (nSPS) is 13.9. The summed E-state index contributed by atoms with van der Waals surface area (Å²) in [5.41, 5.74) is 0. The van der Waals surface area contributed by atoms with Crippen LogP contribution in [0.4, 0.5) is 0 Å². The fraction of sp³-hybridized carbons (Fsp3) is 0.600. The minimum atomic E-state index is -1.28. The fourth-order valence-corrected chi connectivity index (χ4v) is 3.19. The van der Waals surface area contributed by atoms with E-state index in [9.17, 15) is 14.4 Å². The topological polar surface area (TPSA) is 112 Å². The van der Waals surface area contributed by atoms with Crippen molar-refractivity contribution in [1.29, 1.82) is 0 Å². The zero-order chi connectivity index (χ0) is 13.4. The Labute approximate surface area is 99.6 Å². The third kappa shape index (κ3) is 8.51. The van der Waals surface area contributed by atoms with Crippen LogP contribution in [-0.2, 0) is 14.4 Å². The van der Waals surface area contributed by atoms with Crippen LogP contribution in [0.15, 0.2) is 0 Å². The van der Waals surface area contributed by atoms with E-state index in [2.05, 4.69) is 6.30 Å². The monoisotopic (exact) mass is 264 g/mol. The van der Waals surface area contributed by atoms with Gasteiger partial charge in [-0.3, -0.25) is 14.4 Å². The van der Waals surface area contributed by atoms with Crippen LogP contribution in [0.25, 0.3) is 0 Å². The largest absolute Gasteiger partial charge is 0.481 e. The molecule has 0 saturated carbocycles. The summed E-state index contributed by atoms with van der Waals surface area (Å²) in [6.45, 7) is 0. The highest BCUT2D eigenvalue weighted by molar-refractivity contribution is 7.55. The zero-order valence-corrected chi connectivity index (χ0v) is 10.4. The summed E-state index contributed by atoms with van der Waals surface area (Å²) in [6.07, 6.45) is 4.36. The van der Waals surface area contributed by atoms with Gasteiger partial charge >= 0.3 is 17.9 Å². The van der Waals surface area contributed by atoms with Crippen molar-refractivity contribution in [1.82, 2.24) is 0 Å². The van der Waals surface area contributed by atoms with Gasteiger partial charge in [0, 0.05) is 12.8 Å². The lowest BCUT2D eigenvalue weighted by molar-refractivity contribution is -0.142. The summed E-state index contributed by atoms with van der Waals surface area (Å²) in [5.74, 6) is -3.72. The van der Waals surface area contributed by atoms with Crippen LogP contribution in [0.3, 0.4) is 0 Å². The molecule has 6 nitrogen and oxygen atoms in total. The molecule has 0 aliphatic carbocycles. The molecule has 0 fully saturated rings. The second-order valence-corrected chi connectivity index (χ2v) is 6.22. The molecular weight excluding hydrogens is 247 g/mol. The summed E-state index contributed by atoms with van der Waals surface area (Å²) in [4.78, 5) is 31.5. The molecule has 0 heterocycles. The molecule has 0 bridgehead atoms. The van der Waals surface area contributed by atoms with Crippen molar-refractivity contribution in [3.8, 4) is 0 Å². The number of carbonyl (C=O) groups is 3. The first-order valence-corrected chi connectivity index (χ1v) is 7.28. The lowest BCUT2D eigenvalue weighted by atomic mass is 10.1. The molecule has 98 valence electrons. The molecule has 0 saturated heterocycles. The average molecular weight is 264 g/mol. The number of carboxylic acids is 3. The van der Waals surface area contributed by atoms with Crippen LogP contribution in [0, 0.1) is 5.92 Å². The van der Waals surface area contributed by atoms with Gasteiger partial charge in [0.05, 0.1) is 5.92 Å². The average Bonchev–Trinajstić information content (AvgIpc) is 2.20. The van der Waals surface area contributed by atoms with Gasteiger partial charge in [-0.2, -0.15) is 0 Å².